The van der Waals surface area contributed by atoms with Crippen LogP contribution in [-0.4, -0.2) is 66.4 Å². The van der Waals surface area contributed by atoms with Crippen LogP contribution in [0, 0.1) is 5.82 Å². The molecular weight excluding hydrogens is 375 g/mol. The van der Waals surface area contributed by atoms with Crippen LogP contribution in [0.25, 0.3) is 0 Å². The van der Waals surface area contributed by atoms with E-state index in [0.29, 0.717) is 31.8 Å². The van der Waals surface area contributed by atoms with Crippen LogP contribution < -0.4 is 10.6 Å². The lowest BCUT2D eigenvalue weighted by molar-refractivity contribution is -0.120. The van der Waals surface area contributed by atoms with Gasteiger partial charge >= 0.3 is 0 Å². The Balaban J connectivity index is 1.42. The number of halogens is 1. The molecule has 1 unspecified atom stereocenters. The summed E-state index contributed by atoms with van der Waals surface area (Å²) < 4.78 is 20.8. The zero-order valence-electron chi connectivity index (χ0n) is 16.8. The van der Waals surface area contributed by atoms with E-state index in [2.05, 4.69) is 25.6 Å². The summed E-state index contributed by atoms with van der Waals surface area (Å²) in [6, 6.07) is 6.07. The Kier molecular flexibility index (Phi) is 7.18. The zero-order valence-corrected chi connectivity index (χ0v) is 16.8. The molecule has 1 amide bonds. The van der Waals surface area contributed by atoms with E-state index in [0.717, 1.165) is 18.1 Å². The number of rotatable bonds is 6. The predicted molar refractivity (Wildman–Crippen MR) is 108 cm³/mol. The number of benzene rings is 1. The van der Waals surface area contributed by atoms with Gasteiger partial charge in [0.25, 0.3) is 0 Å². The summed E-state index contributed by atoms with van der Waals surface area (Å²) in [6.07, 6.45) is 3.88. The van der Waals surface area contributed by atoms with Gasteiger partial charge in [0.05, 0.1) is 25.8 Å². The third-order valence-electron chi connectivity index (χ3n) is 4.66. The minimum Gasteiger partial charge on any atom is -0.370 e. The molecule has 0 spiro atoms. The number of hydrogen-bond donors (Lipinski definition) is 2. The molecule has 0 saturated carbocycles. The molecule has 1 aromatic carbocycles. The Hall–Kier alpha value is -2.94. The summed E-state index contributed by atoms with van der Waals surface area (Å²) in [5, 5.41) is 10.3. The molecule has 1 fully saturated rings. The van der Waals surface area contributed by atoms with Gasteiger partial charge < -0.3 is 20.3 Å². The number of nitrogens with one attached hydrogen (secondary N) is 2. The van der Waals surface area contributed by atoms with E-state index in [4.69, 9.17) is 4.74 Å². The maximum atomic E-state index is 13.2. The van der Waals surface area contributed by atoms with Crippen LogP contribution in [0.4, 0.5) is 4.39 Å². The number of hydrogen-bond acceptors (Lipinski definition) is 4. The molecule has 156 valence electrons. The fourth-order valence-electron chi connectivity index (χ4n) is 3.25. The maximum absolute atomic E-state index is 13.2. The zero-order chi connectivity index (χ0) is 20.6. The molecule has 2 N–H and O–H groups in total. The standard InChI is InChI=1S/C20H27FN6O2/c1-22-20(27-8-9-29-18(14-27)16-12-25-26(2)13-16)24-7-6-23-19(28)11-15-4-3-5-17(21)10-15/h3-5,10,12-13,18H,6-9,11,14H2,1-2H3,(H,22,24)(H,23,28). The first-order valence-electron chi connectivity index (χ1n) is 9.62. The van der Waals surface area contributed by atoms with Crippen LogP contribution in [0.3, 0.4) is 0 Å². The molecule has 9 heteroatoms. The molecule has 1 saturated heterocycles. The molecule has 1 aliphatic heterocycles. The number of aromatic nitrogens is 2. The van der Waals surface area contributed by atoms with Gasteiger partial charge in [-0.2, -0.15) is 5.10 Å². The quantitative estimate of drug-likeness (QED) is 0.426. The third kappa shape index (κ3) is 6.02. The van der Waals surface area contributed by atoms with Gasteiger partial charge in [0.2, 0.25) is 5.91 Å². The second kappa shape index (κ2) is 10.0. The van der Waals surface area contributed by atoms with Crippen LogP contribution in [0.15, 0.2) is 41.7 Å². The molecule has 8 nitrogen and oxygen atoms in total. The van der Waals surface area contributed by atoms with Gasteiger partial charge in [0.1, 0.15) is 11.9 Å². The van der Waals surface area contributed by atoms with E-state index in [-0.39, 0.29) is 24.2 Å². The fourth-order valence-corrected chi connectivity index (χ4v) is 3.25. The van der Waals surface area contributed by atoms with Crippen LogP contribution in [0.5, 0.6) is 0 Å². The molecule has 1 aromatic heterocycles. The normalized spacial score (nSPS) is 17.3. The summed E-state index contributed by atoms with van der Waals surface area (Å²) in [6.45, 7) is 3.00. The highest BCUT2D eigenvalue weighted by Gasteiger charge is 2.25. The summed E-state index contributed by atoms with van der Waals surface area (Å²) >= 11 is 0. The van der Waals surface area contributed by atoms with Crippen molar-refractivity contribution in [2.75, 3.05) is 39.8 Å². The van der Waals surface area contributed by atoms with Crippen molar-refractivity contribution in [1.29, 1.82) is 0 Å². The van der Waals surface area contributed by atoms with Crippen molar-refractivity contribution in [2.45, 2.75) is 12.5 Å². The van der Waals surface area contributed by atoms with Gasteiger partial charge in [-0.15, -0.1) is 0 Å². The van der Waals surface area contributed by atoms with Crippen LogP contribution in [0.1, 0.15) is 17.2 Å². The number of amides is 1. The molecular formula is C20H27FN6O2. The monoisotopic (exact) mass is 402 g/mol. The lowest BCUT2D eigenvalue weighted by Gasteiger charge is -2.34. The van der Waals surface area contributed by atoms with Crippen molar-refractivity contribution in [3.05, 3.63) is 53.6 Å². The third-order valence-corrected chi connectivity index (χ3v) is 4.66. The van der Waals surface area contributed by atoms with Crippen LogP contribution >= 0.6 is 0 Å². The van der Waals surface area contributed by atoms with Crippen molar-refractivity contribution in [3.8, 4) is 0 Å². The van der Waals surface area contributed by atoms with E-state index in [9.17, 15) is 9.18 Å². The Morgan fingerprint density at radius 3 is 2.93 bits per heavy atom. The van der Waals surface area contributed by atoms with Crippen LogP contribution in [-0.2, 0) is 23.0 Å². The highest BCUT2D eigenvalue weighted by molar-refractivity contribution is 5.80. The van der Waals surface area contributed by atoms with Gasteiger partial charge in [0, 0.05) is 45.5 Å². The average Bonchev–Trinajstić information content (AvgIpc) is 3.14. The first-order valence-corrected chi connectivity index (χ1v) is 9.62. The highest BCUT2D eigenvalue weighted by atomic mass is 19.1. The minimum atomic E-state index is -0.337. The van der Waals surface area contributed by atoms with Gasteiger partial charge in [-0.05, 0) is 17.7 Å². The fraction of sp³-hybridized carbons (Fsp3) is 0.450. The summed E-state index contributed by atoms with van der Waals surface area (Å²) in [7, 11) is 3.62. The summed E-state index contributed by atoms with van der Waals surface area (Å²) in [5.74, 6) is 0.285. The minimum absolute atomic E-state index is 0.0537. The number of carbonyl (C=O) groups is 1. The van der Waals surface area contributed by atoms with Gasteiger partial charge in [-0.25, -0.2) is 4.39 Å². The molecule has 0 radical (unpaired) electrons. The first-order chi connectivity index (χ1) is 14.0. The van der Waals surface area contributed by atoms with Crippen molar-refractivity contribution in [1.82, 2.24) is 25.3 Å². The summed E-state index contributed by atoms with van der Waals surface area (Å²) in [5.41, 5.74) is 1.69. The predicted octanol–water partition coefficient (Wildman–Crippen LogP) is 0.867. The number of aliphatic imine (C=N–C) groups is 1. The number of morpholine rings is 1. The van der Waals surface area contributed by atoms with E-state index >= 15 is 0 Å². The molecule has 29 heavy (non-hydrogen) atoms. The highest BCUT2D eigenvalue weighted by Crippen LogP contribution is 2.21. The Labute approximate surface area is 169 Å². The van der Waals surface area contributed by atoms with Gasteiger partial charge in [-0.1, -0.05) is 12.1 Å². The number of ether oxygens (including phenoxy) is 1. The molecule has 0 aliphatic carbocycles. The number of carbonyl (C=O) groups excluding carboxylic acids is 1. The van der Waals surface area contributed by atoms with Crippen molar-refractivity contribution < 1.29 is 13.9 Å². The Morgan fingerprint density at radius 2 is 2.21 bits per heavy atom. The second-order valence-electron chi connectivity index (χ2n) is 6.88. The van der Waals surface area contributed by atoms with Gasteiger partial charge in [0.15, 0.2) is 5.96 Å². The molecule has 2 heterocycles. The SMILES string of the molecule is CN=C(NCCNC(=O)Cc1cccc(F)c1)N1CCOC(c2cnn(C)c2)C1. The lowest BCUT2D eigenvalue weighted by Crippen LogP contribution is -2.49. The van der Waals surface area contributed by atoms with E-state index in [1.165, 1.54) is 12.1 Å². The number of nitrogens with zero attached hydrogens (tertiary/aromatic N) is 4. The Morgan fingerprint density at radius 1 is 1.38 bits per heavy atom. The molecule has 3 rings (SSSR count). The van der Waals surface area contributed by atoms with Crippen molar-refractivity contribution >= 4 is 11.9 Å². The van der Waals surface area contributed by atoms with Crippen LogP contribution in [0.2, 0.25) is 0 Å². The second-order valence-corrected chi connectivity index (χ2v) is 6.88. The lowest BCUT2D eigenvalue weighted by atomic mass is 10.1. The topological polar surface area (TPSA) is 83.8 Å². The maximum Gasteiger partial charge on any atom is 0.224 e. The first kappa shape index (κ1) is 20.8. The summed E-state index contributed by atoms with van der Waals surface area (Å²) in [4.78, 5) is 18.5. The van der Waals surface area contributed by atoms with E-state index < -0.39 is 0 Å². The molecule has 1 aliphatic rings. The Bertz CT molecular complexity index is 853. The molecule has 0 bridgehead atoms. The largest absolute Gasteiger partial charge is 0.370 e. The van der Waals surface area contributed by atoms with E-state index in [1.807, 2.05) is 19.4 Å². The van der Waals surface area contributed by atoms with Gasteiger partial charge in [-0.3, -0.25) is 14.5 Å². The molecule has 2 aromatic rings. The smallest absolute Gasteiger partial charge is 0.224 e. The van der Waals surface area contributed by atoms with Crippen molar-refractivity contribution in [2.24, 2.45) is 12.0 Å². The number of aryl methyl sites for hydroxylation is 1. The van der Waals surface area contributed by atoms with E-state index in [1.54, 1.807) is 23.9 Å². The van der Waals surface area contributed by atoms with Crippen molar-refractivity contribution in [3.63, 3.8) is 0 Å². The number of guanidine groups is 1. The molecule has 1 atom stereocenters. The average molecular weight is 402 g/mol.